The SMILES string of the molecule is N#Cc1ccc(CN2CCCN(C(=O)CCc3ccccn3)CC2)cc1. The van der Waals surface area contributed by atoms with Gasteiger partial charge in [0, 0.05) is 51.0 Å². The van der Waals surface area contributed by atoms with Crippen LogP contribution in [0.3, 0.4) is 0 Å². The standard InChI is InChI=1S/C21H24N4O/c22-16-18-5-7-19(8-6-18)17-24-12-3-13-25(15-14-24)21(26)10-9-20-4-1-2-11-23-20/h1-2,4-8,11H,3,9-10,12-15,17H2. The number of rotatable bonds is 5. The van der Waals surface area contributed by atoms with Crippen molar-refractivity contribution >= 4 is 5.91 Å². The largest absolute Gasteiger partial charge is 0.341 e. The molecule has 134 valence electrons. The van der Waals surface area contributed by atoms with E-state index in [1.165, 1.54) is 5.56 Å². The average molecular weight is 348 g/mol. The first-order valence-electron chi connectivity index (χ1n) is 9.13. The maximum Gasteiger partial charge on any atom is 0.223 e. The third-order valence-corrected chi connectivity index (χ3v) is 4.75. The molecule has 0 bridgehead atoms. The van der Waals surface area contributed by atoms with E-state index in [0.29, 0.717) is 18.4 Å². The predicted octanol–water partition coefficient (Wildman–Crippen LogP) is 2.62. The zero-order valence-electron chi connectivity index (χ0n) is 15.0. The number of carbonyl (C=O) groups excluding carboxylic acids is 1. The highest BCUT2D eigenvalue weighted by Gasteiger charge is 2.19. The summed E-state index contributed by atoms with van der Waals surface area (Å²) >= 11 is 0. The van der Waals surface area contributed by atoms with Crippen LogP contribution in [-0.2, 0) is 17.8 Å². The molecule has 1 aliphatic rings. The van der Waals surface area contributed by atoms with Crippen LogP contribution < -0.4 is 0 Å². The van der Waals surface area contributed by atoms with Crippen LogP contribution in [0.25, 0.3) is 0 Å². The van der Waals surface area contributed by atoms with Crippen molar-refractivity contribution in [3.8, 4) is 6.07 Å². The van der Waals surface area contributed by atoms with Gasteiger partial charge in [-0.2, -0.15) is 5.26 Å². The first-order valence-corrected chi connectivity index (χ1v) is 9.13. The lowest BCUT2D eigenvalue weighted by molar-refractivity contribution is -0.131. The zero-order valence-corrected chi connectivity index (χ0v) is 15.0. The highest BCUT2D eigenvalue weighted by atomic mass is 16.2. The highest BCUT2D eigenvalue weighted by molar-refractivity contribution is 5.76. The number of carbonyl (C=O) groups is 1. The Morgan fingerprint density at radius 3 is 2.65 bits per heavy atom. The molecule has 1 saturated heterocycles. The molecule has 1 aromatic carbocycles. The molecule has 2 heterocycles. The van der Waals surface area contributed by atoms with Gasteiger partial charge in [-0.15, -0.1) is 0 Å². The van der Waals surface area contributed by atoms with E-state index in [0.717, 1.165) is 44.8 Å². The summed E-state index contributed by atoms with van der Waals surface area (Å²) in [5.41, 5.74) is 2.87. The molecule has 3 rings (SSSR count). The average Bonchev–Trinajstić information content (AvgIpc) is 2.93. The summed E-state index contributed by atoms with van der Waals surface area (Å²) < 4.78 is 0. The molecule has 0 aliphatic carbocycles. The van der Waals surface area contributed by atoms with E-state index >= 15 is 0 Å². The van der Waals surface area contributed by atoms with Gasteiger partial charge >= 0.3 is 0 Å². The topological polar surface area (TPSA) is 60.2 Å². The molecule has 0 unspecified atom stereocenters. The number of hydrogen-bond acceptors (Lipinski definition) is 4. The molecular weight excluding hydrogens is 324 g/mol. The minimum Gasteiger partial charge on any atom is -0.341 e. The number of aryl methyl sites for hydroxylation is 1. The molecule has 1 amide bonds. The smallest absolute Gasteiger partial charge is 0.223 e. The summed E-state index contributed by atoms with van der Waals surface area (Å²) in [5, 5.41) is 8.88. The fourth-order valence-corrected chi connectivity index (χ4v) is 3.26. The zero-order chi connectivity index (χ0) is 18.2. The molecule has 0 spiro atoms. The van der Waals surface area contributed by atoms with Crippen molar-refractivity contribution in [1.82, 2.24) is 14.8 Å². The van der Waals surface area contributed by atoms with Crippen molar-refractivity contribution in [1.29, 1.82) is 5.26 Å². The van der Waals surface area contributed by atoms with E-state index in [-0.39, 0.29) is 5.91 Å². The lowest BCUT2D eigenvalue weighted by atomic mass is 10.1. The van der Waals surface area contributed by atoms with Gasteiger partial charge in [0.05, 0.1) is 11.6 Å². The number of aromatic nitrogens is 1. The Morgan fingerprint density at radius 2 is 1.92 bits per heavy atom. The van der Waals surface area contributed by atoms with Gasteiger partial charge in [-0.25, -0.2) is 0 Å². The molecule has 0 atom stereocenters. The van der Waals surface area contributed by atoms with Crippen LogP contribution in [0.2, 0.25) is 0 Å². The fraction of sp³-hybridized carbons (Fsp3) is 0.381. The van der Waals surface area contributed by atoms with Crippen LogP contribution in [-0.4, -0.2) is 46.9 Å². The van der Waals surface area contributed by atoms with Crippen LogP contribution >= 0.6 is 0 Å². The Balaban J connectivity index is 1.47. The third kappa shape index (κ3) is 5.14. The molecule has 1 aromatic heterocycles. The summed E-state index contributed by atoms with van der Waals surface area (Å²) in [6, 6.07) is 15.7. The van der Waals surface area contributed by atoms with E-state index in [9.17, 15) is 4.79 Å². The van der Waals surface area contributed by atoms with Crippen molar-refractivity contribution < 1.29 is 4.79 Å². The van der Waals surface area contributed by atoms with Crippen LogP contribution in [0.5, 0.6) is 0 Å². The first-order chi connectivity index (χ1) is 12.7. The number of nitriles is 1. The van der Waals surface area contributed by atoms with Crippen LogP contribution in [0, 0.1) is 11.3 Å². The maximum absolute atomic E-state index is 12.5. The first kappa shape index (κ1) is 18.1. The second-order valence-corrected chi connectivity index (χ2v) is 6.64. The number of hydrogen-bond donors (Lipinski definition) is 0. The Kier molecular flexibility index (Phi) is 6.34. The maximum atomic E-state index is 12.5. The van der Waals surface area contributed by atoms with E-state index < -0.39 is 0 Å². The Morgan fingerprint density at radius 1 is 1.08 bits per heavy atom. The third-order valence-electron chi connectivity index (χ3n) is 4.75. The molecule has 26 heavy (non-hydrogen) atoms. The molecule has 5 heteroatoms. The molecule has 1 fully saturated rings. The van der Waals surface area contributed by atoms with Gasteiger partial charge < -0.3 is 4.90 Å². The predicted molar refractivity (Wildman–Crippen MR) is 100 cm³/mol. The number of benzene rings is 1. The number of nitrogens with zero attached hydrogens (tertiary/aromatic N) is 4. The minimum atomic E-state index is 0.218. The quantitative estimate of drug-likeness (QED) is 0.833. The van der Waals surface area contributed by atoms with Crippen LogP contribution in [0.15, 0.2) is 48.7 Å². The van der Waals surface area contributed by atoms with E-state index in [4.69, 9.17) is 5.26 Å². The Hall–Kier alpha value is -2.71. The molecule has 5 nitrogen and oxygen atoms in total. The van der Waals surface area contributed by atoms with Gasteiger partial charge in [0.1, 0.15) is 0 Å². The van der Waals surface area contributed by atoms with Gasteiger partial charge in [-0.1, -0.05) is 18.2 Å². The van der Waals surface area contributed by atoms with Crippen molar-refractivity contribution in [2.24, 2.45) is 0 Å². The monoisotopic (exact) mass is 348 g/mol. The van der Waals surface area contributed by atoms with E-state index in [1.54, 1.807) is 6.20 Å². The molecule has 0 radical (unpaired) electrons. The second-order valence-electron chi connectivity index (χ2n) is 6.64. The van der Waals surface area contributed by atoms with Gasteiger partial charge in [-0.05, 0) is 42.7 Å². The van der Waals surface area contributed by atoms with E-state index in [1.807, 2.05) is 47.4 Å². The number of amides is 1. The molecule has 2 aromatic rings. The van der Waals surface area contributed by atoms with Crippen molar-refractivity contribution in [2.75, 3.05) is 26.2 Å². The second kappa shape index (κ2) is 9.12. The van der Waals surface area contributed by atoms with Crippen LogP contribution in [0.1, 0.15) is 29.7 Å². The van der Waals surface area contributed by atoms with Gasteiger partial charge in [0.15, 0.2) is 0 Å². The van der Waals surface area contributed by atoms with Gasteiger partial charge in [0.2, 0.25) is 5.91 Å². The summed E-state index contributed by atoms with van der Waals surface area (Å²) in [5.74, 6) is 0.218. The van der Waals surface area contributed by atoms with Crippen molar-refractivity contribution in [3.05, 3.63) is 65.5 Å². The highest BCUT2D eigenvalue weighted by Crippen LogP contribution is 2.11. The lowest BCUT2D eigenvalue weighted by Crippen LogP contribution is -2.35. The van der Waals surface area contributed by atoms with E-state index in [2.05, 4.69) is 16.0 Å². The Bertz CT molecular complexity index is 752. The fourth-order valence-electron chi connectivity index (χ4n) is 3.26. The molecule has 1 aliphatic heterocycles. The van der Waals surface area contributed by atoms with Gasteiger partial charge in [0.25, 0.3) is 0 Å². The molecular formula is C21H24N4O. The summed E-state index contributed by atoms with van der Waals surface area (Å²) in [7, 11) is 0. The number of pyridine rings is 1. The molecule has 0 N–H and O–H groups in total. The lowest BCUT2D eigenvalue weighted by Gasteiger charge is -2.22. The van der Waals surface area contributed by atoms with Crippen LogP contribution in [0.4, 0.5) is 0 Å². The minimum absolute atomic E-state index is 0.218. The normalized spacial score (nSPS) is 15.3. The molecule has 0 saturated carbocycles. The van der Waals surface area contributed by atoms with Gasteiger partial charge in [-0.3, -0.25) is 14.7 Å². The summed E-state index contributed by atoms with van der Waals surface area (Å²) in [4.78, 5) is 21.2. The summed E-state index contributed by atoms with van der Waals surface area (Å²) in [6.45, 7) is 4.34. The van der Waals surface area contributed by atoms with Crippen molar-refractivity contribution in [2.45, 2.75) is 25.8 Å². The van der Waals surface area contributed by atoms with Crippen molar-refractivity contribution in [3.63, 3.8) is 0 Å². The Labute approximate surface area is 154 Å². The summed E-state index contributed by atoms with van der Waals surface area (Å²) in [6.07, 6.45) is 3.98.